The number of halogens is 2. The topological polar surface area (TPSA) is 62.8 Å². The molecule has 1 amide bonds. The maximum atomic E-state index is 13.8. The molecule has 34 heavy (non-hydrogen) atoms. The van der Waals surface area contributed by atoms with Crippen LogP contribution in [0.4, 0.5) is 11.4 Å². The lowest BCUT2D eigenvalue weighted by atomic mass is 9.78. The zero-order valence-corrected chi connectivity index (χ0v) is 20.7. The Morgan fingerprint density at radius 2 is 1.85 bits per heavy atom. The van der Waals surface area contributed by atoms with Crippen molar-refractivity contribution < 1.29 is 14.3 Å². The van der Waals surface area contributed by atoms with E-state index in [0.717, 1.165) is 5.56 Å². The van der Waals surface area contributed by atoms with E-state index in [1.165, 1.54) is 0 Å². The first kappa shape index (κ1) is 22.8. The molecule has 2 aliphatic rings. The van der Waals surface area contributed by atoms with Gasteiger partial charge in [-0.3, -0.25) is 9.69 Å². The van der Waals surface area contributed by atoms with Crippen molar-refractivity contribution in [2.24, 2.45) is 5.92 Å². The zero-order valence-electron chi connectivity index (χ0n) is 18.3. The second kappa shape index (κ2) is 8.65. The molecule has 0 radical (unpaired) electrons. The Morgan fingerprint density at radius 1 is 1.12 bits per heavy atom. The molecule has 1 fully saturated rings. The van der Waals surface area contributed by atoms with Gasteiger partial charge in [0.1, 0.15) is 17.4 Å². The standard InChI is InChI=1S/C25H21Cl2N3O3S/c1-25-21(23(31)28-16-7-9-18(32-2)10-8-16)22(19-13-15(27)6-11-20(19)33-25)29-24(34)30(25)17-5-3-4-14(26)12-17/h3-13,21-22H,1-2H3,(H,28,31)(H,29,34)/t21-,22-,25-/m0/s1. The van der Waals surface area contributed by atoms with Crippen molar-refractivity contribution in [2.75, 3.05) is 17.3 Å². The predicted molar refractivity (Wildman–Crippen MR) is 138 cm³/mol. The number of nitrogens with zero attached hydrogens (tertiary/aromatic N) is 1. The monoisotopic (exact) mass is 513 g/mol. The van der Waals surface area contributed by atoms with Crippen molar-refractivity contribution in [3.63, 3.8) is 0 Å². The van der Waals surface area contributed by atoms with Gasteiger partial charge in [0.05, 0.1) is 13.2 Å². The quantitative estimate of drug-likeness (QED) is 0.429. The summed E-state index contributed by atoms with van der Waals surface area (Å²) in [6, 6.07) is 19.4. The highest BCUT2D eigenvalue weighted by Gasteiger charge is 2.59. The molecule has 6 nitrogen and oxygen atoms in total. The molecule has 2 aliphatic heterocycles. The third kappa shape index (κ3) is 3.83. The van der Waals surface area contributed by atoms with Crippen LogP contribution in [0.1, 0.15) is 18.5 Å². The van der Waals surface area contributed by atoms with E-state index in [4.69, 9.17) is 44.9 Å². The molecule has 3 aromatic carbocycles. The van der Waals surface area contributed by atoms with Crippen molar-refractivity contribution in [3.8, 4) is 11.5 Å². The Balaban J connectivity index is 1.60. The van der Waals surface area contributed by atoms with Crippen LogP contribution in [-0.4, -0.2) is 23.9 Å². The second-order valence-electron chi connectivity index (χ2n) is 8.28. The van der Waals surface area contributed by atoms with Crippen LogP contribution in [0, 0.1) is 5.92 Å². The average molecular weight is 514 g/mol. The van der Waals surface area contributed by atoms with Crippen molar-refractivity contribution in [2.45, 2.75) is 18.7 Å². The zero-order chi connectivity index (χ0) is 24.0. The molecular formula is C25H21Cl2N3O3S. The molecular weight excluding hydrogens is 493 g/mol. The summed E-state index contributed by atoms with van der Waals surface area (Å²) in [5, 5.41) is 7.89. The van der Waals surface area contributed by atoms with E-state index in [1.54, 1.807) is 60.5 Å². The minimum absolute atomic E-state index is 0.231. The lowest BCUT2D eigenvalue weighted by Crippen LogP contribution is -2.72. The number of carbonyl (C=O) groups is 1. The summed E-state index contributed by atoms with van der Waals surface area (Å²) in [7, 11) is 1.59. The highest BCUT2D eigenvalue weighted by molar-refractivity contribution is 7.80. The van der Waals surface area contributed by atoms with Crippen LogP contribution < -0.4 is 25.0 Å². The summed E-state index contributed by atoms with van der Waals surface area (Å²) in [5.74, 6) is 0.412. The summed E-state index contributed by atoms with van der Waals surface area (Å²) in [6.07, 6.45) is 0. The van der Waals surface area contributed by atoms with E-state index >= 15 is 0 Å². The predicted octanol–water partition coefficient (Wildman–Crippen LogP) is 5.80. The first-order valence-corrected chi connectivity index (χ1v) is 11.8. The van der Waals surface area contributed by atoms with Crippen LogP contribution in [-0.2, 0) is 4.79 Å². The molecule has 2 bridgehead atoms. The van der Waals surface area contributed by atoms with Gasteiger partial charge >= 0.3 is 0 Å². The SMILES string of the molecule is COc1ccc(NC(=O)[C@@H]2[C@H]3NC(=S)N(c4cccc(Cl)c4)[C@@]2(C)Oc2ccc(Cl)cc23)cc1. The van der Waals surface area contributed by atoms with E-state index in [0.29, 0.717) is 38.0 Å². The van der Waals surface area contributed by atoms with Gasteiger partial charge in [0.15, 0.2) is 10.8 Å². The van der Waals surface area contributed by atoms with Crippen LogP contribution in [0.5, 0.6) is 11.5 Å². The van der Waals surface area contributed by atoms with E-state index < -0.39 is 17.7 Å². The smallest absolute Gasteiger partial charge is 0.236 e. The van der Waals surface area contributed by atoms with Gasteiger partial charge in [0.2, 0.25) is 5.91 Å². The number of benzene rings is 3. The Kier molecular flexibility index (Phi) is 5.80. The van der Waals surface area contributed by atoms with Crippen molar-refractivity contribution in [1.29, 1.82) is 0 Å². The highest BCUT2D eigenvalue weighted by atomic mass is 35.5. The van der Waals surface area contributed by atoms with Gasteiger partial charge in [0.25, 0.3) is 0 Å². The normalized spacial score (nSPS) is 22.8. The Hall–Kier alpha value is -3.00. The van der Waals surface area contributed by atoms with Gasteiger partial charge in [0, 0.05) is 27.0 Å². The van der Waals surface area contributed by atoms with Crippen molar-refractivity contribution >= 4 is 57.8 Å². The van der Waals surface area contributed by atoms with E-state index in [-0.39, 0.29) is 5.91 Å². The summed E-state index contributed by atoms with van der Waals surface area (Å²) in [6.45, 7) is 1.86. The molecule has 1 saturated heterocycles. The first-order valence-electron chi connectivity index (χ1n) is 10.6. The molecule has 0 spiro atoms. The molecule has 5 rings (SSSR count). The van der Waals surface area contributed by atoms with Gasteiger partial charge in [-0.1, -0.05) is 29.3 Å². The molecule has 174 valence electrons. The maximum Gasteiger partial charge on any atom is 0.236 e. The molecule has 9 heteroatoms. The third-order valence-corrected chi connectivity index (χ3v) is 6.94. The molecule has 0 saturated carbocycles. The van der Waals surface area contributed by atoms with Crippen molar-refractivity contribution in [3.05, 3.63) is 82.3 Å². The lowest BCUT2D eigenvalue weighted by Gasteiger charge is -2.56. The molecule has 0 aliphatic carbocycles. The minimum atomic E-state index is -1.14. The summed E-state index contributed by atoms with van der Waals surface area (Å²) < 4.78 is 11.8. The fourth-order valence-corrected chi connectivity index (χ4v) is 5.43. The summed E-state index contributed by atoms with van der Waals surface area (Å²) in [4.78, 5) is 15.6. The third-order valence-electron chi connectivity index (χ3n) is 6.17. The maximum absolute atomic E-state index is 13.8. The Morgan fingerprint density at radius 3 is 2.56 bits per heavy atom. The summed E-state index contributed by atoms with van der Waals surface area (Å²) >= 11 is 18.3. The fourth-order valence-electron chi connectivity index (χ4n) is 4.65. The van der Waals surface area contributed by atoms with Crippen LogP contribution in [0.15, 0.2) is 66.7 Å². The first-order chi connectivity index (χ1) is 16.3. The minimum Gasteiger partial charge on any atom is -0.497 e. The molecule has 3 atom stereocenters. The average Bonchev–Trinajstić information content (AvgIpc) is 2.79. The molecule has 2 N–H and O–H groups in total. The van der Waals surface area contributed by atoms with Crippen LogP contribution in [0.2, 0.25) is 10.0 Å². The molecule has 0 unspecified atom stereocenters. The van der Waals surface area contributed by atoms with Gasteiger partial charge in [-0.15, -0.1) is 0 Å². The number of nitrogens with one attached hydrogen (secondary N) is 2. The van der Waals surface area contributed by atoms with E-state index in [9.17, 15) is 4.79 Å². The number of amides is 1. The molecule has 2 heterocycles. The number of methoxy groups -OCH3 is 1. The number of carbonyl (C=O) groups excluding carboxylic acids is 1. The number of fused-ring (bicyclic) bond motifs is 4. The Bertz CT molecular complexity index is 1290. The second-order valence-corrected chi connectivity index (χ2v) is 9.54. The fraction of sp³-hybridized carbons (Fsp3) is 0.200. The van der Waals surface area contributed by atoms with Gasteiger partial charge in [-0.2, -0.15) is 0 Å². The van der Waals surface area contributed by atoms with Gasteiger partial charge in [-0.25, -0.2) is 0 Å². The number of anilines is 2. The van der Waals surface area contributed by atoms with Gasteiger partial charge in [-0.05, 0) is 79.8 Å². The lowest BCUT2D eigenvalue weighted by molar-refractivity contribution is -0.130. The van der Waals surface area contributed by atoms with Gasteiger partial charge < -0.3 is 20.1 Å². The number of rotatable bonds is 4. The number of hydrogen-bond donors (Lipinski definition) is 2. The number of ether oxygens (including phenoxy) is 2. The molecule has 3 aromatic rings. The number of hydrogen-bond acceptors (Lipinski definition) is 4. The highest BCUT2D eigenvalue weighted by Crippen LogP contribution is 2.50. The van der Waals surface area contributed by atoms with Crippen LogP contribution >= 0.6 is 35.4 Å². The van der Waals surface area contributed by atoms with E-state index in [2.05, 4.69) is 10.6 Å². The largest absolute Gasteiger partial charge is 0.497 e. The van der Waals surface area contributed by atoms with Crippen LogP contribution in [0.3, 0.4) is 0 Å². The number of thiocarbonyl (C=S) groups is 1. The summed E-state index contributed by atoms with van der Waals surface area (Å²) in [5.41, 5.74) is 0.981. The Labute approximate surface area is 212 Å². The van der Waals surface area contributed by atoms with E-state index in [1.807, 2.05) is 25.1 Å². The van der Waals surface area contributed by atoms with Crippen molar-refractivity contribution in [1.82, 2.24) is 5.32 Å². The molecule has 0 aromatic heterocycles. The van der Waals surface area contributed by atoms with Crippen LogP contribution in [0.25, 0.3) is 0 Å².